The summed E-state index contributed by atoms with van der Waals surface area (Å²) in [6.07, 6.45) is 3.90. The maximum Gasteiger partial charge on any atom is 0.150 e. The first-order valence-corrected chi connectivity index (χ1v) is 6.59. The highest BCUT2D eigenvalue weighted by Crippen LogP contribution is 2.29. The summed E-state index contributed by atoms with van der Waals surface area (Å²) < 4.78 is 5.91. The Bertz CT molecular complexity index is 648. The van der Waals surface area contributed by atoms with Crippen molar-refractivity contribution in [3.8, 4) is 11.5 Å². The second-order valence-corrected chi connectivity index (χ2v) is 4.48. The van der Waals surface area contributed by atoms with Crippen molar-refractivity contribution >= 4 is 5.69 Å². The predicted octanol–water partition coefficient (Wildman–Crippen LogP) is 4.42. The van der Waals surface area contributed by atoms with Crippen LogP contribution in [0.4, 0.5) is 5.69 Å². The van der Waals surface area contributed by atoms with Crippen LogP contribution in [0.2, 0.25) is 0 Å². The van der Waals surface area contributed by atoms with Crippen molar-refractivity contribution in [1.82, 2.24) is 4.98 Å². The van der Waals surface area contributed by atoms with E-state index >= 15 is 0 Å². The Kier molecular flexibility index (Phi) is 3.69. The fourth-order valence-electron chi connectivity index (χ4n) is 1.98. The zero-order valence-electron chi connectivity index (χ0n) is 11.0. The molecule has 0 aliphatic heterocycles. The van der Waals surface area contributed by atoms with E-state index in [4.69, 9.17) is 4.74 Å². The Hall–Kier alpha value is -2.68. The topological polar surface area (TPSA) is 37.0 Å². The van der Waals surface area contributed by atoms with E-state index in [0.717, 1.165) is 23.7 Å². The van der Waals surface area contributed by atoms with Crippen molar-refractivity contribution in [2.45, 2.75) is 6.54 Å². The standard InChI is InChI=1S/C17H16N2O/c1-2-6-15(7-3-1)20-17-9-5-4-8-16(17)19-13-14-10-11-18-12-14/h1-12,18-19H,13H2. The number of aromatic amines is 1. The Morgan fingerprint density at radius 3 is 2.50 bits per heavy atom. The predicted molar refractivity (Wildman–Crippen MR) is 81.1 cm³/mol. The third-order valence-electron chi connectivity index (χ3n) is 3.00. The molecule has 0 fully saturated rings. The number of nitrogens with one attached hydrogen (secondary N) is 2. The molecule has 3 rings (SSSR count). The summed E-state index contributed by atoms with van der Waals surface area (Å²) in [5.41, 5.74) is 2.19. The SMILES string of the molecule is c1ccc(Oc2ccccc2NCc2cc[nH]c2)cc1. The fraction of sp³-hybridized carbons (Fsp3) is 0.0588. The molecule has 1 heterocycles. The van der Waals surface area contributed by atoms with Gasteiger partial charge in [-0.25, -0.2) is 0 Å². The van der Waals surface area contributed by atoms with Crippen LogP contribution in [0.3, 0.4) is 0 Å². The molecule has 0 unspecified atom stereocenters. The average Bonchev–Trinajstić information content (AvgIpc) is 3.01. The molecule has 0 aliphatic rings. The van der Waals surface area contributed by atoms with E-state index in [0.29, 0.717) is 0 Å². The lowest BCUT2D eigenvalue weighted by molar-refractivity contribution is 0.484. The van der Waals surface area contributed by atoms with E-state index in [2.05, 4.69) is 10.3 Å². The molecule has 2 aromatic carbocycles. The molecule has 0 amide bonds. The second kappa shape index (κ2) is 5.97. The van der Waals surface area contributed by atoms with Gasteiger partial charge in [0.1, 0.15) is 5.75 Å². The molecule has 3 heteroatoms. The molecule has 3 nitrogen and oxygen atoms in total. The molecule has 0 spiro atoms. The van der Waals surface area contributed by atoms with Crippen molar-refractivity contribution in [2.24, 2.45) is 0 Å². The van der Waals surface area contributed by atoms with Gasteiger partial charge in [0.2, 0.25) is 0 Å². The molecule has 0 radical (unpaired) electrons. The smallest absolute Gasteiger partial charge is 0.150 e. The fourth-order valence-corrected chi connectivity index (χ4v) is 1.98. The number of ether oxygens (including phenoxy) is 1. The average molecular weight is 264 g/mol. The molecular weight excluding hydrogens is 248 g/mol. The van der Waals surface area contributed by atoms with Crippen LogP contribution in [0.15, 0.2) is 73.1 Å². The lowest BCUT2D eigenvalue weighted by Gasteiger charge is -2.12. The van der Waals surface area contributed by atoms with Gasteiger partial charge in [-0.3, -0.25) is 0 Å². The molecule has 2 N–H and O–H groups in total. The summed E-state index contributed by atoms with van der Waals surface area (Å²) in [7, 11) is 0. The Morgan fingerprint density at radius 1 is 0.900 bits per heavy atom. The number of hydrogen-bond acceptors (Lipinski definition) is 2. The van der Waals surface area contributed by atoms with Gasteiger partial charge in [0, 0.05) is 18.9 Å². The maximum atomic E-state index is 5.91. The first kappa shape index (κ1) is 12.4. The van der Waals surface area contributed by atoms with E-state index in [9.17, 15) is 0 Å². The number of anilines is 1. The van der Waals surface area contributed by atoms with E-state index in [1.165, 1.54) is 5.56 Å². The van der Waals surface area contributed by atoms with Gasteiger partial charge < -0.3 is 15.0 Å². The second-order valence-electron chi connectivity index (χ2n) is 4.48. The molecule has 1 aromatic heterocycles. The minimum atomic E-state index is 0.763. The van der Waals surface area contributed by atoms with Crippen LogP contribution < -0.4 is 10.1 Å². The van der Waals surface area contributed by atoms with Gasteiger partial charge in [0.15, 0.2) is 5.75 Å². The first-order valence-electron chi connectivity index (χ1n) is 6.59. The van der Waals surface area contributed by atoms with E-state index in [1.807, 2.05) is 73.1 Å². The summed E-state index contributed by atoms with van der Waals surface area (Å²) in [6, 6.07) is 19.8. The highest BCUT2D eigenvalue weighted by atomic mass is 16.5. The quantitative estimate of drug-likeness (QED) is 0.715. The first-order chi connectivity index (χ1) is 9.92. The molecule has 0 saturated carbocycles. The van der Waals surface area contributed by atoms with Crippen LogP contribution in [0.5, 0.6) is 11.5 Å². The molecule has 20 heavy (non-hydrogen) atoms. The summed E-state index contributed by atoms with van der Waals surface area (Å²) in [5.74, 6) is 1.66. The van der Waals surface area contributed by atoms with Crippen molar-refractivity contribution in [3.05, 3.63) is 78.6 Å². The summed E-state index contributed by atoms with van der Waals surface area (Å²) in [5, 5.41) is 3.39. The van der Waals surface area contributed by atoms with Crippen LogP contribution in [-0.2, 0) is 6.54 Å². The number of H-pyrrole nitrogens is 1. The van der Waals surface area contributed by atoms with Crippen LogP contribution in [-0.4, -0.2) is 4.98 Å². The Labute approximate surface area is 118 Å². The van der Waals surface area contributed by atoms with Crippen molar-refractivity contribution in [3.63, 3.8) is 0 Å². The van der Waals surface area contributed by atoms with Crippen molar-refractivity contribution in [2.75, 3.05) is 5.32 Å². The van der Waals surface area contributed by atoms with E-state index in [1.54, 1.807) is 0 Å². The van der Waals surface area contributed by atoms with Crippen molar-refractivity contribution in [1.29, 1.82) is 0 Å². The molecule has 3 aromatic rings. The van der Waals surface area contributed by atoms with Crippen LogP contribution in [0.25, 0.3) is 0 Å². The summed E-state index contributed by atoms with van der Waals surface area (Å²) in [4.78, 5) is 3.05. The number of hydrogen-bond donors (Lipinski definition) is 2. The Balaban J connectivity index is 1.74. The lowest BCUT2D eigenvalue weighted by Crippen LogP contribution is -2.00. The van der Waals surface area contributed by atoms with E-state index < -0.39 is 0 Å². The summed E-state index contributed by atoms with van der Waals surface area (Å²) >= 11 is 0. The van der Waals surface area contributed by atoms with Crippen molar-refractivity contribution < 1.29 is 4.74 Å². The largest absolute Gasteiger partial charge is 0.455 e. The van der Waals surface area contributed by atoms with Gasteiger partial charge >= 0.3 is 0 Å². The number of benzene rings is 2. The Morgan fingerprint density at radius 2 is 1.70 bits per heavy atom. The minimum Gasteiger partial charge on any atom is -0.455 e. The zero-order chi connectivity index (χ0) is 13.6. The lowest BCUT2D eigenvalue weighted by atomic mass is 10.2. The molecule has 0 aliphatic carbocycles. The molecular formula is C17H16N2O. The van der Waals surface area contributed by atoms with Gasteiger partial charge in [-0.15, -0.1) is 0 Å². The van der Waals surface area contributed by atoms with Crippen LogP contribution >= 0.6 is 0 Å². The molecule has 0 atom stereocenters. The third kappa shape index (κ3) is 3.01. The van der Waals surface area contributed by atoms with Gasteiger partial charge in [-0.05, 0) is 35.9 Å². The zero-order valence-corrected chi connectivity index (χ0v) is 11.0. The van der Waals surface area contributed by atoms with Crippen LogP contribution in [0.1, 0.15) is 5.56 Å². The maximum absolute atomic E-state index is 5.91. The number of aromatic nitrogens is 1. The molecule has 100 valence electrons. The molecule has 0 saturated heterocycles. The molecule has 0 bridgehead atoms. The van der Waals surface area contributed by atoms with Gasteiger partial charge in [-0.1, -0.05) is 30.3 Å². The number of rotatable bonds is 5. The highest BCUT2D eigenvalue weighted by Gasteiger charge is 2.04. The van der Waals surface area contributed by atoms with Crippen LogP contribution in [0, 0.1) is 0 Å². The highest BCUT2D eigenvalue weighted by molar-refractivity contribution is 5.57. The third-order valence-corrected chi connectivity index (χ3v) is 3.00. The number of para-hydroxylation sites is 3. The van der Waals surface area contributed by atoms with Gasteiger partial charge in [0.25, 0.3) is 0 Å². The summed E-state index contributed by atoms with van der Waals surface area (Å²) in [6.45, 7) is 0.763. The van der Waals surface area contributed by atoms with Gasteiger partial charge in [0.05, 0.1) is 5.69 Å². The normalized spacial score (nSPS) is 10.2. The minimum absolute atomic E-state index is 0.763. The van der Waals surface area contributed by atoms with Gasteiger partial charge in [-0.2, -0.15) is 0 Å². The van der Waals surface area contributed by atoms with E-state index in [-0.39, 0.29) is 0 Å². The monoisotopic (exact) mass is 264 g/mol.